The van der Waals surface area contributed by atoms with E-state index < -0.39 is 6.10 Å². The highest BCUT2D eigenvalue weighted by molar-refractivity contribution is 7.19. The van der Waals surface area contributed by atoms with Gasteiger partial charge in [-0.25, -0.2) is 0 Å². The summed E-state index contributed by atoms with van der Waals surface area (Å²) < 4.78 is 7.39. The molecule has 10 heteroatoms. The van der Waals surface area contributed by atoms with Crippen LogP contribution < -0.4 is 10.1 Å². The van der Waals surface area contributed by atoms with Crippen molar-refractivity contribution in [1.29, 1.82) is 0 Å². The van der Waals surface area contributed by atoms with Crippen LogP contribution in [0.1, 0.15) is 18.3 Å². The van der Waals surface area contributed by atoms with E-state index in [2.05, 4.69) is 20.6 Å². The van der Waals surface area contributed by atoms with Crippen molar-refractivity contribution in [2.24, 2.45) is 0 Å². The minimum Gasteiger partial charge on any atom is -0.479 e. The van der Waals surface area contributed by atoms with Crippen LogP contribution in [0.2, 0.25) is 10.0 Å². The van der Waals surface area contributed by atoms with Gasteiger partial charge in [0.1, 0.15) is 10.8 Å². The first-order valence-corrected chi connectivity index (χ1v) is 10.6. The van der Waals surface area contributed by atoms with E-state index in [4.69, 9.17) is 27.9 Å². The number of ether oxygens (including phenoxy) is 1. The van der Waals surface area contributed by atoms with Crippen molar-refractivity contribution >= 4 is 51.1 Å². The lowest BCUT2D eigenvalue weighted by molar-refractivity contribution is -0.122. The van der Waals surface area contributed by atoms with E-state index in [1.165, 1.54) is 11.3 Å². The lowest BCUT2D eigenvalue weighted by atomic mass is 10.1. The highest BCUT2D eigenvalue weighted by Gasteiger charge is 2.18. The SMILES string of the molecule is Cc1cc(-c2nn3c(C)nnc3s2)ccc1NC(=O)C(C)Oc1ccc(Cl)cc1Cl. The second kappa shape index (κ2) is 8.22. The molecule has 30 heavy (non-hydrogen) atoms. The molecule has 0 aliphatic carbocycles. The van der Waals surface area contributed by atoms with Crippen molar-refractivity contribution in [2.75, 3.05) is 5.32 Å². The number of hydrogen-bond donors (Lipinski definition) is 1. The van der Waals surface area contributed by atoms with E-state index in [9.17, 15) is 4.79 Å². The third-order valence-corrected chi connectivity index (χ3v) is 5.92. The predicted octanol–water partition coefficient (Wildman–Crippen LogP) is 5.18. The summed E-state index contributed by atoms with van der Waals surface area (Å²) in [6.07, 6.45) is -0.745. The molecule has 1 unspecified atom stereocenters. The molecule has 1 amide bonds. The molecule has 4 aromatic rings. The number of carbonyl (C=O) groups excluding carboxylic acids is 1. The number of amides is 1. The molecule has 2 heterocycles. The van der Waals surface area contributed by atoms with Crippen LogP contribution in [0.5, 0.6) is 5.75 Å². The quantitative estimate of drug-likeness (QED) is 0.442. The molecule has 0 bridgehead atoms. The minimum absolute atomic E-state index is 0.286. The van der Waals surface area contributed by atoms with Crippen molar-refractivity contribution in [2.45, 2.75) is 26.9 Å². The summed E-state index contributed by atoms with van der Waals surface area (Å²) in [6, 6.07) is 10.6. The normalized spacial score (nSPS) is 12.2. The summed E-state index contributed by atoms with van der Waals surface area (Å²) in [7, 11) is 0. The molecule has 0 fully saturated rings. The second-order valence-electron chi connectivity index (χ2n) is 6.70. The Balaban J connectivity index is 1.48. The molecular formula is C20H17Cl2N5O2S. The number of aryl methyl sites for hydroxylation is 2. The van der Waals surface area contributed by atoms with Gasteiger partial charge >= 0.3 is 0 Å². The minimum atomic E-state index is -0.745. The molecule has 4 rings (SSSR count). The number of nitrogens with zero attached hydrogens (tertiary/aromatic N) is 4. The van der Waals surface area contributed by atoms with Gasteiger partial charge in [0.25, 0.3) is 5.91 Å². The van der Waals surface area contributed by atoms with Gasteiger partial charge in [-0.2, -0.15) is 9.61 Å². The molecule has 0 saturated carbocycles. The second-order valence-corrected chi connectivity index (χ2v) is 8.50. The summed E-state index contributed by atoms with van der Waals surface area (Å²) in [5.74, 6) is 0.850. The van der Waals surface area contributed by atoms with Gasteiger partial charge in [0.2, 0.25) is 4.96 Å². The number of rotatable bonds is 5. The number of fused-ring (bicyclic) bond motifs is 1. The molecule has 0 aliphatic heterocycles. The number of carbonyl (C=O) groups is 1. The molecule has 7 nitrogen and oxygen atoms in total. The summed E-state index contributed by atoms with van der Waals surface area (Å²) in [4.78, 5) is 13.3. The Morgan fingerprint density at radius 2 is 1.97 bits per heavy atom. The fourth-order valence-corrected chi connectivity index (χ4v) is 4.15. The average molecular weight is 462 g/mol. The zero-order chi connectivity index (χ0) is 21.4. The molecule has 1 N–H and O–H groups in total. The fraction of sp³-hybridized carbons (Fsp3) is 0.200. The molecular weight excluding hydrogens is 445 g/mol. The summed E-state index contributed by atoms with van der Waals surface area (Å²) in [5.41, 5.74) is 2.54. The van der Waals surface area contributed by atoms with E-state index >= 15 is 0 Å². The predicted molar refractivity (Wildman–Crippen MR) is 119 cm³/mol. The zero-order valence-electron chi connectivity index (χ0n) is 16.3. The molecule has 2 aromatic carbocycles. The molecule has 0 saturated heterocycles. The highest BCUT2D eigenvalue weighted by Crippen LogP contribution is 2.30. The number of halogens is 2. The molecule has 0 spiro atoms. The first-order chi connectivity index (χ1) is 14.3. The van der Waals surface area contributed by atoms with E-state index in [0.29, 0.717) is 21.5 Å². The Labute approximate surface area is 186 Å². The van der Waals surface area contributed by atoms with Gasteiger partial charge in [-0.3, -0.25) is 4.79 Å². The third kappa shape index (κ3) is 4.12. The Morgan fingerprint density at radius 3 is 2.67 bits per heavy atom. The van der Waals surface area contributed by atoms with Crippen molar-refractivity contribution in [3.05, 3.63) is 57.8 Å². The van der Waals surface area contributed by atoms with Gasteiger partial charge in [0.05, 0.1) is 5.02 Å². The average Bonchev–Trinajstić information content (AvgIpc) is 3.27. The van der Waals surface area contributed by atoms with Gasteiger partial charge in [-0.15, -0.1) is 10.2 Å². The number of nitrogens with one attached hydrogen (secondary N) is 1. The van der Waals surface area contributed by atoms with E-state index in [-0.39, 0.29) is 5.91 Å². The summed E-state index contributed by atoms with van der Waals surface area (Å²) in [6.45, 7) is 5.44. The Hall–Kier alpha value is -2.68. The van der Waals surface area contributed by atoms with E-state index in [0.717, 1.165) is 26.9 Å². The lowest BCUT2D eigenvalue weighted by Gasteiger charge is -2.17. The van der Waals surface area contributed by atoms with Gasteiger partial charge in [-0.1, -0.05) is 34.5 Å². The van der Waals surface area contributed by atoms with Crippen molar-refractivity contribution in [1.82, 2.24) is 19.8 Å². The van der Waals surface area contributed by atoms with E-state index in [1.807, 2.05) is 32.0 Å². The highest BCUT2D eigenvalue weighted by atomic mass is 35.5. The number of benzene rings is 2. The first kappa shape index (κ1) is 20.6. The third-order valence-electron chi connectivity index (χ3n) is 4.44. The van der Waals surface area contributed by atoms with Gasteiger partial charge in [-0.05, 0) is 62.7 Å². The van der Waals surface area contributed by atoms with Crippen LogP contribution in [0, 0.1) is 13.8 Å². The van der Waals surface area contributed by atoms with Gasteiger partial charge in [0, 0.05) is 16.3 Å². The topological polar surface area (TPSA) is 81.4 Å². The van der Waals surface area contributed by atoms with Crippen LogP contribution in [-0.2, 0) is 4.79 Å². The van der Waals surface area contributed by atoms with Crippen LogP contribution in [0.15, 0.2) is 36.4 Å². The zero-order valence-corrected chi connectivity index (χ0v) is 18.6. The van der Waals surface area contributed by atoms with Gasteiger partial charge < -0.3 is 10.1 Å². The van der Waals surface area contributed by atoms with Crippen LogP contribution in [0.25, 0.3) is 15.5 Å². The summed E-state index contributed by atoms with van der Waals surface area (Å²) >= 11 is 13.5. The first-order valence-electron chi connectivity index (χ1n) is 9.04. The summed E-state index contributed by atoms with van der Waals surface area (Å²) in [5, 5.41) is 17.2. The fourth-order valence-electron chi connectivity index (χ4n) is 2.82. The Bertz CT molecular complexity index is 1250. The van der Waals surface area contributed by atoms with Crippen LogP contribution in [0.4, 0.5) is 5.69 Å². The monoisotopic (exact) mass is 461 g/mol. The molecule has 1 atom stereocenters. The molecule has 2 aromatic heterocycles. The van der Waals surface area contributed by atoms with Crippen molar-refractivity contribution in [3.8, 4) is 16.3 Å². The Morgan fingerprint density at radius 1 is 1.17 bits per heavy atom. The molecule has 0 radical (unpaired) electrons. The molecule has 0 aliphatic rings. The maximum absolute atomic E-state index is 12.6. The van der Waals surface area contributed by atoms with Crippen LogP contribution in [0.3, 0.4) is 0 Å². The van der Waals surface area contributed by atoms with Crippen LogP contribution >= 0.6 is 34.5 Å². The lowest BCUT2D eigenvalue weighted by Crippen LogP contribution is -2.30. The number of aromatic nitrogens is 4. The number of hydrogen-bond acceptors (Lipinski definition) is 6. The maximum atomic E-state index is 12.6. The van der Waals surface area contributed by atoms with Crippen molar-refractivity contribution in [3.63, 3.8) is 0 Å². The number of anilines is 1. The largest absolute Gasteiger partial charge is 0.479 e. The smallest absolute Gasteiger partial charge is 0.265 e. The standard InChI is InChI=1S/C20H17Cl2N5O2S/c1-10-8-13(19-26-27-12(3)24-25-20(27)30-19)4-6-16(10)23-18(28)11(2)29-17-7-5-14(21)9-15(17)22/h4-9,11H,1-3H3,(H,23,28). The van der Waals surface area contributed by atoms with Crippen molar-refractivity contribution < 1.29 is 9.53 Å². The maximum Gasteiger partial charge on any atom is 0.265 e. The van der Waals surface area contributed by atoms with Crippen LogP contribution in [-0.4, -0.2) is 31.8 Å². The Kier molecular flexibility index (Phi) is 5.64. The van der Waals surface area contributed by atoms with Gasteiger partial charge in [0.15, 0.2) is 11.9 Å². The molecule has 154 valence electrons. The van der Waals surface area contributed by atoms with E-state index in [1.54, 1.807) is 29.6 Å².